The van der Waals surface area contributed by atoms with Gasteiger partial charge in [-0.3, -0.25) is 4.66 Å². The van der Waals surface area contributed by atoms with E-state index in [-0.39, 0.29) is 0 Å². The lowest BCUT2D eigenvalue weighted by Crippen LogP contribution is -1.73. The predicted octanol–water partition coefficient (Wildman–Crippen LogP) is 3.43. The molecule has 11 heavy (non-hydrogen) atoms. The maximum absolute atomic E-state index is 6.47. The van der Waals surface area contributed by atoms with Crippen molar-refractivity contribution in [1.29, 1.82) is 0 Å². The molecule has 0 saturated heterocycles. The number of aryl methyl sites for hydroxylation is 1. The van der Waals surface area contributed by atoms with Crippen LogP contribution in [0.3, 0.4) is 0 Å². The van der Waals surface area contributed by atoms with Crippen LogP contribution < -0.4 is 0 Å². The highest BCUT2D eigenvalue weighted by Crippen LogP contribution is 2.24. The summed E-state index contributed by atoms with van der Waals surface area (Å²) in [6.07, 6.45) is 0. The summed E-state index contributed by atoms with van der Waals surface area (Å²) in [5.41, 5.74) is 1.02. The van der Waals surface area contributed by atoms with Crippen LogP contribution >= 0.6 is 35.1 Å². The van der Waals surface area contributed by atoms with Gasteiger partial charge in [0.25, 0.3) is 0 Å². The van der Waals surface area contributed by atoms with E-state index in [0.717, 1.165) is 5.56 Å². The monoisotopic (exact) mass is 212 g/mol. The maximum atomic E-state index is 6.47. The number of halogens is 3. The van der Waals surface area contributed by atoms with E-state index in [1.54, 1.807) is 6.07 Å². The molecular formula is C7H7Cl3O. The number of rotatable bonds is 0. The van der Waals surface area contributed by atoms with Gasteiger partial charge < -0.3 is 0 Å². The van der Waals surface area contributed by atoms with Crippen molar-refractivity contribution < 1.29 is 4.66 Å². The Morgan fingerprint density at radius 2 is 1.73 bits per heavy atom. The molecular weight excluding hydrogens is 206 g/mol. The van der Waals surface area contributed by atoms with Gasteiger partial charge in [0.2, 0.25) is 0 Å². The second-order valence-electron chi connectivity index (χ2n) is 1.87. The molecule has 0 aliphatic heterocycles. The van der Waals surface area contributed by atoms with Gasteiger partial charge in [-0.2, -0.15) is 0 Å². The molecule has 1 rings (SSSR count). The summed E-state index contributed by atoms with van der Waals surface area (Å²) in [5, 5.41) is 1.27. The highest BCUT2D eigenvalue weighted by molar-refractivity contribution is 6.42. The highest BCUT2D eigenvalue weighted by atomic mass is 35.5. The summed E-state index contributed by atoms with van der Waals surface area (Å²) < 4.78 is 6.47. The van der Waals surface area contributed by atoms with Crippen LogP contribution in [0.15, 0.2) is 18.2 Å². The fourth-order valence-corrected chi connectivity index (χ4v) is 0.959. The largest absolute Gasteiger partial charge is 0.295 e. The van der Waals surface area contributed by atoms with Gasteiger partial charge in [-0.15, -0.1) is 0 Å². The van der Waals surface area contributed by atoms with Crippen molar-refractivity contribution in [3.05, 3.63) is 33.8 Å². The Kier molecular flexibility index (Phi) is 5.69. The average Bonchev–Trinajstić information content (AvgIpc) is 2.04. The van der Waals surface area contributed by atoms with Gasteiger partial charge in [0.1, 0.15) is 0 Å². The first-order valence-electron chi connectivity index (χ1n) is 2.79. The zero-order valence-corrected chi connectivity index (χ0v) is 8.08. The highest BCUT2D eigenvalue weighted by Gasteiger charge is 1.96. The molecule has 1 N–H and O–H groups in total. The first-order chi connectivity index (χ1) is 5.22. The third-order valence-corrected chi connectivity index (χ3v) is 2.06. The topological polar surface area (TPSA) is 20.2 Å². The summed E-state index contributed by atoms with van der Waals surface area (Å²) in [7, 11) is 0. The molecule has 0 aromatic heterocycles. The van der Waals surface area contributed by atoms with Gasteiger partial charge in [0.15, 0.2) is 0 Å². The van der Waals surface area contributed by atoms with Crippen molar-refractivity contribution in [1.82, 2.24) is 0 Å². The van der Waals surface area contributed by atoms with E-state index in [9.17, 15) is 0 Å². The van der Waals surface area contributed by atoms with Crippen LogP contribution in [-0.4, -0.2) is 4.66 Å². The van der Waals surface area contributed by atoms with E-state index >= 15 is 0 Å². The first-order valence-corrected chi connectivity index (χ1v) is 3.89. The van der Waals surface area contributed by atoms with Gasteiger partial charge in [0, 0.05) is 0 Å². The molecule has 0 aliphatic carbocycles. The SMILES string of the molecule is Cc1cccc(Cl)c1Cl.OCl. The lowest BCUT2D eigenvalue weighted by atomic mass is 10.2. The molecule has 0 bridgehead atoms. The summed E-state index contributed by atoms with van der Waals surface area (Å²) in [5.74, 6) is 0. The second kappa shape index (κ2) is 5.67. The van der Waals surface area contributed by atoms with E-state index in [2.05, 4.69) is 11.9 Å². The maximum Gasteiger partial charge on any atom is 0.0621 e. The van der Waals surface area contributed by atoms with Crippen molar-refractivity contribution in [3.63, 3.8) is 0 Å². The standard InChI is InChI=1S/C7H6Cl2.ClHO/c1-5-3-2-4-6(8)7(5)9;1-2/h2-4H,1H3;2H. The van der Waals surface area contributed by atoms with Crippen LogP contribution in [0.1, 0.15) is 5.56 Å². The van der Waals surface area contributed by atoms with Crippen LogP contribution in [-0.2, 0) is 0 Å². The third-order valence-electron chi connectivity index (χ3n) is 1.14. The average molecular weight is 213 g/mol. The van der Waals surface area contributed by atoms with E-state index in [0.29, 0.717) is 10.0 Å². The van der Waals surface area contributed by atoms with Crippen molar-refractivity contribution >= 4 is 35.1 Å². The Balaban J connectivity index is 0.000000461. The molecule has 0 radical (unpaired) electrons. The third kappa shape index (κ3) is 3.30. The van der Waals surface area contributed by atoms with Crippen LogP contribution in [0.4, 0.5) is 0 Å². The van der Waals surface area contributed by atoms with Gasteiger partial charge in [-0.1, -0.05) is 35.3 Å². The minimum absolute atomic E-state index is 0.622. The normalized spacial score (nSPS) is 8.45. The minimum atomic E-state index is 0.622. The zero-order valence-electron chi connectivity index (χ0n) is 5.81. The van der Waals surface area contributed by atoms with Gasteiger partial charge in [-0.05, 0) is 18.6 Å². The number of hydrogen-bond acceptors (Lipinski definition) is 1. The van der Waals surface area contributed by atoms with Crippen LogP contribution in [0.2, 0.25) is 10.0 Å². The molecule has 1 aromatic carbocycles. The second-order valence-corrected chi connectivity index (χ2v) is 2.66. The fourth-order valence-electron chi connectivity index (χ4n) is 0.612. The summed E-state index contributed by atoms with van der Waals surface area (Å²) in [4.78, 5) is 0. The molecule has 0 amide bonds. The van der Waals surface area contributed by atoms with Gasteiger partial charge in [0.05, 0.1) is 21.9 Å². The Hall–Kier alpha value is 0.0500. The van der Waals surface area contributed by atoms with E-state index in [1.807, 2.05) is 19.1 Å². The van der Waals surface area contributed by atoms with E-state index in [4.69, 9.17) is 27.9 Å². The van der Waals surface area contributed by atoms with Crippen molar-refractivity contribution in [2.45, 2.75) is 6.92 Å². The van der Waals surface area contributed by atoms with Crippen LogP contribution in [0, 0.1) is 6.92 Å². The Morgan fingerprint density at radius 1 is 1.18 bits per heavy atom. The molecule has 0 atom stereocenters. The minimum Gasteiger partial charge on any atom is -0.295 e. The van der Waals surface area contributed by atoms with Crippen LogP contribution in [0.25, 0.3) is 0 Å². The molecule has 0 heterocycles. The van der Waals surface area contributed by atoms with Crippen LogP contribution in [0.5, 0.6) is 0 Å². The van der Waals surface area contributed by atoms with Gasteiger partial charge in [-0.25, -0.2) is 0 Å². The molecule has 1 aromatic rings. The van der Waals surface area contributed by atoms with Crippen molar-refractivity contribution in [2.75, 3.05) is 0 Å². The van der Waals surface area contributed by atoms with E-state index < -0.39 is 0 Å². The summed E-state index contributed by atoms with van der Waals surface area (Å²) in [6.45, 7) is 1.92. The summed E-state index contributed by atoms with van der Waals surface area (Å²) in [6, 6.07) is 5.58. The lowest BCUT2D eigenvalue weighted by Gasteiger charge is -1.96. The fraction of sp³-hybridized carbons (Fsp3) is 0.143. The number of hydrogen-bond donors (Lipinski definition) is 1. The van der Waals surface area contributed by atoms with Crippen molar-refractivity contribution in [2.24, 2.45) is 0 Å². The van der Waals surface area contributed by atoms with Crippen molar-refractivity contribution in [3.8, 4) is 0 Å². The lowest BCUT2D eigenvalue weighted by molar-refractivity contribution is 0.632. The molecule has 62 valence electrons. The van der Waals surface area contributed by atoms with E-state index in [1.165, 1.54) is 0 Å². The Morgan fingerprint density at radius 3 is 2.09 bits per heavy atom. The molecule has 4 heteroatoms. The molecule has 1 nitrogen and oxygen atoms in total. The zero-order chi connectivity index (χ0) is 8.85. The molecule has 0 unspecified atom stereocenters. The molecule has 0 spiro atoms. The Labute approximate surface area is 80.7 Å². The first kappa shape index (κ1) is 11.1. The Bertz CT molecular complexity index is 205. The van der Waals surface area contributed by atoms with Gasteiger partial charge >= 0.3 is 0 Å². The summed E-state index contributed by atoms with van der Waals surface area (Å²) >= 11 is 15.1. The number of benzene rings is 1. The molecule has 0 saturated carbocycles. The predicted molar refractivity (Wildman–Crippen MR) is 49.3 cm³/mol. The molecule has 0 fully saturated rings. The smallest absolute Gasteiger partial charge is 0.0621 e. The molecule has 0 aliphatic rings. The quantitative estimate of drug-likeness (QED) is 0.700.